The largest absolute Gasteiger partial charge is 0.462 e. The minimum absolute atomic E-state index is 0.0259. The van der Waals surface area contributed by atoms with Crippen molar-refractivity contribution in [2.75, 3.05) is 4.43 Å². The maximum absolute atomic E-state index is 10.9. The molecule has 0 amide bonds. The fourth-order valence-electron chi connectivity index (χ4n) is 2.34. The van der Waals surface area contributed by atoms with Gasteiger partial charge in [-0.2, -0.15) is 0 Å². The predicted octanol–water partition coefficient (Wildman–Crippen LogP) is 4.77. The molecule has 0 spiro atoms. The molecule has 3 heteroatoms. The molecule has 0 aliphatic heterocycles. The molecule has 0 radical (unpaired) electrons. The number of carbonyl (C=O) groups excluding carboxylic acids is 1. The first kappa shape index (κ1) is 17.2. The molecule has 0 saturated carbocycles. The van der Waals surface area contributed by atoms with Crippen LogP contribution in [-0.4, -0.2) is 16.5 Å². The summed E-state index contributed by atoms with van der Waals surface area (Å²) in [4.78, 5) is 10.9. The number of aryl methyl sites for hydroxylation is 3. The monoisotopic (exact) mass is 386 g/mol. The highest BCUT2D eigenvalue weighted by Crippen LogP contribution is 2.18. The summed E-state index contributed by atoms with van der Waals surface area (Å²) in [7, 11) is 0. The van der Waals surface area contributed by atoms with Crippen LogP contribution in [0.15, 0.2) is 18.2 Å². The summed E-state index contributed by atoms with van der Waals surface area (Å²) in [5.41, 5.74) is 5.22. The van der Waals surface area contributed by atoms with Gasteiger partial charge < -0.3 is 4.74 Å². The van der Waals surface area contributed by atoms with E-state index in [1.165, 1.54) is 29.2 Å². The van der Waals surface area contributed by atoms with E-state index in [1.807, 2.05) is 0 Å². The fourth-order valence-corrected chi connectivity index (χ4v) is 2.96. The van der Waals surface area contributed by atoms with Gasteiger partial charge in [0, 0.05) is 11.4 Å². The lowest BCUT2D eigenvalue weighted by molar-refractivity contribution is -0.145. The zero-order chi connectivity index (χ0) is 15.1. The first-order chi connectivity index (χ1) is 9.43. The maximum atomic E-state index is 10.9. The van der Waals surface area contributed by atoms with E-state index >= 15 is 0 Å². The van der Waals surface area contributed by atoms with Crippen molar-refractivity contribution < 1.29 is 9.53 Å². The van der Waals surface area contributed by atoms with Crippen molar-refractivity contribution in [3.63, 3.8) is 0 Å². The highest BCUT2D eigenvalue weighted by atomic mass is 127. The van der Waals surface area contributed by atoms with Crippen LogP contribution < -0.4 is 0 Å². The SMILES string of the molecule is CC(=O)O[C@H](CI)CC/C=C/c1c(C)cc(C)cc1C. The van der Waals surface area contributed by atoms with Gasteiger partial charge in [0.05, 0.1) is 0 Å². The van der Waals surface area contributed by atoms with Gasteiger partial charge in [0.15, 0.2) is 0 Å². The van der Waals surface area contributed by atoms with E-state index in [1.54, 1.807) is 0 Å². The number of alkyl halides is 1. The van der Waals surface area contributed by atoms with Crippen molar-refractivity contribution >= 4 is 34.6 Å². The van der Waals surface area contributed by atoms with Crippen LogP contribution in [0.4, 0.5) is 0 Å². The molecular weight excluding hydrogens is 363 g/mol. The number of benzene rings is 1. The third kappa shape index (κ3) is 5.65. The third-order valence-electron chi connectivity index (χ3n) is 3.18. The van der Waals surface area contributed by atoms with Gasteiger partial charge in [-0.1, -0.05) is 52.4 Å². The lowest BCUT2D eigenvalue weighted by atomic mass is 9.99. The van der Waals surface area contributed by atoms with E-state index in [0.717, 1.165) is 17.3 Å². The van der Waals surface area contributed by atoms with Crippen molar-refractivity contribution in [1.29, 1.82) is 0 Å². The second kappa shape index (κ2) is 8.45. The van der Waals surface area contributed by atoms with Crippen LogP contribution in [0, 0.1) is 20.8 Å². The van der Waals surface area contributed by atoms with Crippen LogP contribution in [0.1, 0.15) is 42.0 Å². The maximum Gasteiger partial charge on any atom is 0.302 e. The zero-order valence-corrected chi connectivity index (χ0v) is 14.9. The Balaban J connectivity index is 2.59. The standard InChI is InChI=1S/C17H23IO2/c1-12-9-13(2)17(14(3)10-12)8-6-5-7-16(11-18)20-15(4)19/h6,8-10,16H,5,7,11H2,1-4H3/b8-6+/t16-/m0/s1. The Morgan fingerprint density at radius 1 is 1.30 bits per heavy atom. The third-order valence-corrected chi connectivity index (χ3v) is 4.16. The Hall–Kier alpha value is -0.840. The minimum Gasteiger partial charge on any atom is -0.462 e. The Morgan fingerprint density at radius 3 is 2.40 bits per heavy atom. The van der Waals surface area contributed by atoms with E-state index in [9.17, 15) is 4.79 Å². The van der Waals surface area contributed by atoms with Crippen LogP contribution in [0.2, 0.25) is 0 Å². The van der Waals surface area contributed by atoms with Gasteiger partial charge in [0.1, 0.15) is 6.10 Å². The van der Waals surface area contributed by atoms with Crippen LogP contribution in [-0.2, 0) is 9.53 Å². The van der Waals surface area contributed by atoms with Gasteiger partial charge >= 0.3 is 5.97 Å². The Bertz CT molecular complexity index is 469. The number of esters is 1. The Kier molecular flexibility index (Phi) is 7.27. The van der Waals surface area contributed by atoms with Gasteiger partial charge in [-0.15, -0.1) is 0 Å². The molecule has 0 unspecified atom stereocenters. The summed E-state index contributed by atoms with van der Waals surface area (Å²) in [6, 6.07) is 4.42. The molecule has 0 saturated heterocycles. The molecule has 1 rings (SSSR count). The number of ether oxygens (including phenoxy) is 1. The van der Waals surface area contributed by atoms with Crippen LogP contribution in [0.3, 0.4) is 0 Å². The summed E-state index contributed by atoms with van der Waals surface area (Å²) in [5.74, 6) is -0.194. The number of hydrogen-bond donors (Lipinski definition) is 0. The first-order valence-electron chi connectivity index (χ1n) is 6.91. The van der Waals surface area contributed by atoms with Crippen LogP contribution >= 0.6 is 22.6 Å². The molecular formula is C17H23IO2. The van der Waals surface area contributed by atoms with Crippen molar-refractivity contribution in [3.05, 3.63) is 40.5 Å². The molecule has 110 valence electrons. The second-order valence-corrected chi connectivity index (χ2v) is 6.06. The van der Waals surface area contributed by atoms with Crippen molar-refractivity contribution in [2.24, 2.45) is 0 Å². The van der Waals surface area contributed by atoms with Gasteiger partial charge in [-0.05, 0) is 50.3 Å². The smallest absolute Gasteiger partial charge is 0.302 e. The summed E-state index contributed by atoms with van der Waals surface area (Å²) in [5, 5.41) is 0. The molecule has 0 N–H and O–H groups in total. The van der Waals surface area contributed by atoms with Crippen LogP contribution in [0.25, 0.3) is 6.08 Å². The van der Waals surface area contributed by atoms with Crippen LogP contribution in [0.5, 0.6) is 0 Å². The molecule has 1 aromatic rings. The summed E-state index contributed by atoms with van der Waals surface area (Å²) in [6.45, 7) is 7.88. The summed E-state index contributed by atoms with van der Waals surface area (Å²) >= 11 is 2.26. The number of hydrogen-bond acceptors (Lipinski definition) is 2. The van der Waals surface area contributed by atoms with Gasteiger partial charge in [-0.3, -0.25) is 4.79 Å². The summed E-state index contributed by atoms with van der Waals surface area (Å²) in [6.07, 6.45) is 6.18. The number of rotatable bonds is 6. The van der Waals surface area contributed by atoms with Gasteiger partial charge in [0.2, 0.25) is 0 Å². The number of carbonyl (C=O) groups is 1. The molecule has 0 aliphatic rings. The van der Waals surface area contributed by atoms with Crippen molar-refractivity contribution in [1.82, 2.24) is 0 Å². The average Bonchev–Trinajstić information content (AvgIpc) is 2.34. The topological polar surface area (TPSA) is 26.3 Å². The highest BCUT2D eigenvalue weighted by Gasteiger charge is 2.08. The molecule has 2 nitrogen and oxygen atoms in total. The van der Waals surface area contributed by atoms with E-state index in [4.69, 9.17) is 4.74 Å². The second-order valence-electron chi connectivity index (χ2n) is 5.18. The lowest BCUT2D eigenvalue weighted by Gasteiger charge is -2.12. The molecule has 20 heavy (non-hydrogen) atoms. The van der Waals surface area contributed by atoms with E-state index in [0.29, 0.717) is 0 Å². The molecule has 0 aromatic heterocycles. The van der Waals surface area contributed by atoms with E-state index in [-0.39, 0.29) is 12.1 Å². The van der Waals surface area contributed by atoms with Crippen molar-refractivity contribution in [3.8, 4) is 0 Å². The van der Waals surface area contributed by atoms with Gasteiger partial charge in [-0.25, -0.2) is 0 Å². The first-order valence-corrected chi connectivity index (χ1v) is 8.44. The van der Waals surface area contributed by atoms with E-state index in [2.05, 4.69) is 67.6 Å². The molecule has 1 aromatic carbocycles. The predicted molar refractivity (Wildman–Crippen MR) is 93.4 cm³/mol. The fraction of sp³-hybridized carbons (Fsp3) is 0.471. The Morgan fingerprint density at radius 2 is 1.90 bits per heavy atom. The quantitative estimate of drug-likeness (QED) is 0.400. The minimum atomic E-state index is -0.194. The summed E-state index contributed by atoms with van der Waals surface area (Å²) < 4.78 is 6.08. The molecule has 0 aliphatic carbocycles. The Labute approximate surface area is 135 Å². The zero-order valence-electron chi connectivity index (χ0n) is 12.7. The van der Waals surface area contributed by atoms with E-state index < -0.39 is 0 Å². The molecule has 0 fully saturated rings. The van der Waals surface area contributed by atoms with Crippen molar-refractivity contribution in [2.45, 2.75) is 46.6 Å². The molecule has 0 heterocycles. The molecule has 1 atom stereocenters. The normalized spacial score (nSPS) is 12.7. The molecule has 0 bridgehead atoms. The average molecular weight is 386 g/mol. The number of halogens is 1. The van der Waals surface area contributed by atoms with Gasteiger partial charge in [0.25, 0.3) is 0 Å². The lowest BCUT2D eigenvalue weighted by Crippen LogP contribution is -2.17. The number of allylic oxidation sites excluding steroid dienone is 1. The highest BCUT2D eigenvalue weighted by molar-refractivity contribution is 14.1.